The summed E-state index contributed by atoms with van der Waals surface area (Å²) in [5.41, 5.74) is 3.84. The molecular weight excluding hydrogens is 388 g/mol. The summed E-state index contributed by atoms with van der Waals surface area (Å²) in [5.74, 6) is 1.29. The molecule has 5 heteroatoms. The zero-order chi connectivity index (χ0) is 22.2. The maximum atomic E-state index is 12.8. The van der Waals surface area contributed by atoms with E-state index in [9.17, 15) is 4.79 Å². The highest BCUT2D eigenvalue weighted by Crippen LogP contribution is 2.28. The maximum Gasteiger partial charge on any atom is 0.257 e. The van der Waals surface area contributed by atoms with Gasteiger partial charge in [-0.15, -0.1) is 0 Å². The quantitative estimate of drug-likeness (QED) is 0.432. The molecule has 1 aromatic heterocycles. The van der Waals surface area contributed by atoms with E-state index < -0.39 is 0 Å². The Balaban J connectivity index is 1.71. The Morgan fingerprint density at radius 1 is 1.06 bits per heavy atom. The van der Waals surface area contributed by atoms with E-state index in [1.807, 2.05) is 62.4 Å². The number of rotatable bonds is 9. The van der Waals surface area contributed by atoms with Crippen molar-refractivity contribution in [3.05, 3.63) is 83.2 Å². The molecule has 5 nitrogen and oxygen atoms in total. The highest BCUT2D eigenvalue weighted by molar-refractivity contribution is 6.05. The lowest BCUT2D eigenvalue weighted by Crippen LogP contribution is -2.15. The molecule has 0 radical (unpaired) electrons. The summed E-state index contributed by atoms with van der Waals surface area (Å²) in [6, 6.07) is 19.0. The van der Waals surface area contributed by atoms with Gasteiger partial charge in [-0.05, 0) is 62.6 Å². The Kier molecular flexibility index (Phi) is 7.79. The third kappa shape index (κ3) is 5.92. The van der Waals surface area contributed by atoms with E-state index in [1.165, 1.54) is 0 Å². The molecule has 3 aromatic rings. The van der Waals surface area contributed by atoms with Gasteiger partial charge in [-0.25, -0.2) is 0 Å². The summed E-state index contributed by atoms with van der Waals surface area (Å²) >= 11 is 0. The lowest BCUT2D eigenvalue weighted by molar-refractivity contribution is 0.0632. The summed E-state index contributed by atoms with van der Waals surface area (Å²) < 4.78 is 11.8. The average molecular weight is 419 g/mol. The van der Waals surface area contributed by atoms with Crippen LogP contribution < -0.4 is 10.1 Å². The zero-order valence-electron chi connectivity index (χ0n) is 18.6. The molecule has 31 heavy (non-hydrogen) atoms. The first-order chi connectivity index (χ1) is 15.0. The van der Waals surface area contributed by atoms with Crippen molar-refractivity contribution >= 4 is 11.6 Å². The van der Waals surface area contributed by atoms with Crippen LogP contribution in [-0.2, 0) is 11.2 Å². The second-order valence-corrected chi connectivity index (χ2v) is 7.43. The number of aromatic nitrogens is 1. The third-order valence-electron chi connectivity index (χ3n) is 5.01. The first-order valence-corrected chi connectivity index (χ1v) is 10.8. The fourth-order valence-corrected chi connectivity index (χ4v) is 3.29. The number of nitrogens with zero attached hydrogens (tertiary/aromatic N) is 1. The van der Waals surface area contributed by atoms with Gasteiger partial charge in [0.1, 0.15) is 11.5 Å². The second kappa shape index (κ2) is 10.7. The van der Waals surface area contributed by atoms with E-state index >= 15 is 0 Å². The predicted molar refractivity (Wildman–Crippen MR) is 124 cm³/mol. The van der Waals surface area contributed by atoms with Crippen molar-refractivity contribution in [2.75, 3.05) is 11.9 Å². The minimum Gasteiger partial charge on any atom is -0.457 e. The van der Waals surface area contributed by atoms with Gasteiger partial charge in [-0.2, -0.15) is 0 Å². The minimum atomic E-state index is -0.204. The smallest absolute Gasteiger partial charge is 0.257 e. The molecule has 1 amide bonds. The Bertz CT molecular complexity index is 1030. The van der Waals surface area contributed by atoms with Gasteiger partial charge in [0, 0.05) is 18.4 Å². The predicted octanol–water partition coefficient (Wildman–Crippen LogP) is 6.48. The third-order valence-corrected chi connectivity index (χ3v) is 5.01. The van der Waals surface area contributed by atoms with Crippen molar-refractivity contribution in [3.63, 3.8) is 0 Å². The average Bonchev–Trinajstić information content (AvgIpc) is 2.78. The van der Waals surface area contributed by atoms with E-state index in [0.29, 0.717) is 29.3 Å². The molecule has 0 saturated heterocycles. The first kappa shape index (κ1) is 22.5. The largest absolute Gasteiger partial charge is 0.457 e. The molecule has 0 fully saturated rings. The Hall–Kier alpha value is -3.18. The van der Waals surface area contributed by atoms with Gasteiger partial charge in [0.15, 0.2) is 0 Å². The van der Waals surface area contributed by atoms with E-state index in [-0.39, 0.29) is 12.0 Å². The maximum absolute atomic E-state index is 12.8. The van der Waals surface area contributed by atoms with Crippen molar-refractivity contribution in [1.29, 1.82) is 0 Å². The van der Waals surface area contributed by atoms with Gasteiger partial charge in [0.25, 0.3) is 5.91 Å². The Morgan fingerprint density at radius 2 is 1.87 bits per heavy atom. The molecule has 162 valence electrons. The van der Waals surface area contributed by atoms with Crippen LogP contribution >= 0.6 is 0 Å². The minimum absolute atomic E-state index is 0.101. The van der Waals surface area contributed by atoms with Crippen LogP contribution in [0.3, 0.4) is 0 Å². The number of aryl methyl sites for hydroxylation is 2. The first-order valence-electron chi connectivity index (χ1n) is 10.8. The van der Waals surface area contributed by atoms with Gasteiger partial charge >= 0.3 is 0 Å². The fourth-order valence-electron chi connectivity index (χ4n) is 3.29. The monoisotopic (exact) mass is 418 g/mol. The van der Waals surface area contributed by atoms with Crippen LogP contribution in [0.25, 0.3) is 0 Å². The number of carbonyl (C=O) groups excluding carboxylic acids is 1. The van der Waals surface area contributed by atoms with Crippen LogP contribution in [0, 0.1) is 6.92 Å². The van der Waals surface area contributed by atoms with Gasteiger partial charge in [-0.3, -0.25) is 9.78 Å². The summed E-state index contributed by atoms with van der Waals surface area (Å²) in [4.78, 5) is 17.4. The number of pyridine rings is 1. The zero-order valence-corrected chi connectivity index (χ0v) is 18.6. The topological polar surface area (TPSA) is 60.5 Å². The molecular formula is C26H30N2O3. The van der Waals surface area contributed by atoms with E-state index in [0.717, 1.165) is 29.8 Å². The summed E-state index contributed by atoms with van der Waals surface area (Å²) in [5, 5.41) is 2.95. The van der Waals surface area contributed by atoms with Gasteiger partial charge in [0.2, 0.25) is 0 Å². The summed E-state index contributed by atoms with van der Waals surface area (Å²) in [6.07, 6.45) is 1.74. The highest BCUT2D eigenvalue weighted by Gasteiger charge is 2.14. The molecule has 0 aliphatic heterocycles. The van der Waals surface area contributed by atoms with Crippen molar-refractivity contribution in [2.24, 2.45) is 0 Å². The Morgan fingerprint density at radius 3 is 2.61 bits per heavy atom. The molecule has 1 heterocycles. The SMILES string of the molecule is CCCOC(C)c1ccc(C(=O)Nc2cccc(Oc3ccccc3CC)c2)c(C)n1. The van der Waals surface area contributed by atoms with E-state index in [1.54, 1.807) is 6.07 Å². The number of para-hydroxylation sites is 1. The fraction of sp³-hybridized carbons (Fsp3) is 0.308. The van der Waals surface area contributed by atoms with Crippen LogP contribution in [0.4, 0.5) is 5.69 Å². The Labute approximate surface area is 184 Å². The number of anilines is 1. The van der Waals surface area contributed by atoms with Crippen LogP contribution in [0.2, 0.25) is 0 Å². The van der Waals surface area contributed by atoms with Crippen LogP contribution in [-0.4, -0.2) is 17.5 Å². The molecule has 1 unspecified atom stereocenters. The van der Waals surface area contributed by atoms with Crippen LogP contribution in [0.15, 0.2) is 60.7 Å². The normalized spacial score (nSPS) is 11.7. The molecule has 0 aliphatic carbocycles. The van der Waals surface area contributed by atoms with Crippen LogP contribution in [0.1, 0.15) is 60.6 Å². The number of hydrogen-bond donors (Lipinski definition) is 1. The van der Waals surface area contributed by atoms with Gasteiger partial charge in [0.05, 0.1) is 23.1 Å². The number of amides is 1. The summed E-state index contributed by atoms with van der Waals surface area (Å²) in [6.45, 7) is 8.66. The number of benzene rings is 2. The molecule has 0 aliphatic rings. The van der Waals surface area contributed by atoms with Crippen molar-refractivity contribution in [2.45, 2.75) is 46.6 Å². The number of hydrogen-bond acceptors (Lipinski definition) is 4. The number of carbonyl (C=O) groups is 1. The van der Waals surface area contributed by atoms with Crippen molar-refractivity contribution < 1.29 is 14.3 Å². The molecule has 1 N–H and O–H groups in total. The standard InChI is InChI=1S/C26H30N2O3/c1-5-16-30-19(4)24-15-14-23(18(3)27-24)26(29)28-21-11-9-12-22(17-21)31-25-13-8-7-10-20(25)6-2/h7-15,17,19H,5-6,16H2,1-4H3,(H,28,29). The van der Waals surface area contributed by atoms with Crippen molar-refractivity contribution in [3.8, 4) is 11.5 Å². The molecule has 0 saturated carbocycles. The molecule has 0 bridgehead atoms. The molecule has 3 rings (SSSR count). The molecule has 0 spiro atoms. The van der Waals surface area contributed by atoms with E-state index in [4.69, 9.17) is 9.47 Å². The summed E-state index contributed by atoms with van der Waals surface area (Å²) in [7, 11) is 0. The van der Waals surface area contributed by atoms with Gasteiger partial charge in [-0.1, -0.05) is 38.1 Å². The highest BCUT2D eigenvalue weighted by atomic mass is 16.5. The van der Waals surface area contributed by atoms with Crippen molar-refractivity contribution in [1.82, 2.24) is 4.98 Å². The van der Waals surface area contributed by atoms with Crippen LogP contribution in [0.5, 0.6) is 11.5 Å². The molecule has 2 aromatic carbocycles. The van der Waals surface area contributed by atoms with Gasteiger partial charge < -0.3 is 14.8 Å². The lowest BCUT2D eigenvalue weighted by Gasteiger charge is -2.14. The number of ether oxygens (including phenoxy) is 2. The second-order valence-electron chi connectivity index (χ2n) is 7.43. The molecule has 1 atom stereocenters. The lowest BCUT2D eigenvalue weighted by atomic mass is 10.1. The van der Waals surface area contributed by atoms with E-state index in [2.05, 4.69) is 30.2 Å². The number of nitrogens with one attached hydrogen (secondary N) is 1.